The van der Waals surface area contributed by atoms with E-state index in [1.54, 1.807) is 0 Å². The maximum absolute atomic E-state index is 13.2. The number of carbonyl (C=O) groups is 1. The van der Waals surface area contributed by atoms with Gasteiger partial charge in [0.25, 0.3) is 0 Å². The van der Waals surface area contributed by atoms with Crippen molar-refractivity contribution in [3.63, 3.8) is 0 Å². The first kappa shape index (κ1) is 17.6. The number of carboxylic acid groups (broad SMARTS) is 1. The second-order valence-electron chi connectivity index (χ2n) is 5.87. The van der Waals surface area contributed by atoms with Crippen LogP contribution in [0, 0.1) is 5.82 Å². The summed E-state index contributed by atoms with van der Waals surface area (Å²) in [6.07, 6.45) is 7.52. The van der Waals surface area contributed by atoms with E-state index in [9.17, 15) is 22.7 Å². The lowest BCUT2D eigenvalue weighted by Gasteiger charge is -2.28. The van der Waals surface area contributed by atoms with Gasteiger partial charge in [-0.2, -0.15) is 4.72 Å². The van der Waals surface area contributed by atoms with Crippen LogP contribution in [-0.2, 0) is 14.8 Å². The minimum atomic E-state index is -4.20. The van der Waals surface area contributed by atoms with E-state index in [-0.39, 0.29) is 6.42 Å². The minimum absolute atomic E-state index is 0.0737. The smallest absolute Gasteiger partial charge is 0.324 e. The Morgan fingerprint density at radius 3 is 2.74 bits per heavy atom. The molecule has 1 unspecified atom stereocenters. The summed E-state index contributed by atoms with van der Waals surface area (Å²) in [5, 5.41) is 9.48. The molecule has 2 N–H and O–H groups in total. The first-order chi connectivity index (χ1) is 10.7. The highest BCUT2D eigenvalue weighted by Crippen LogP contribution is 2.27. The van der Waals surface area contributed by atoms with Gasteiger partial charge < -0.3 is 5.11 Å². The Morgan fingerprint density at radius 2 is 2.17 bits per heavy atom. The third-order valence-electron chi connectivity index (χ3n) is 3.79. The van der Waals surface area contributed by atoms with E-state index in [4.69, 9.17) is 0 Å². The molecule has 6 nitrogen and oxygen atoms in total. The predicted octanol–water partition coefficient (Wildman–Crippen LogP) is 2.23. The molecule has 0 radical (unpaired) electrons. The van der Waals surface area contributed by atoms with Crippen LogP contribution in [0.15, 0.2) is 35.0 Å². The SMILES string of the molecule is CC(CC1=CCCCC1)(NS(=O)(=O)c1cncc(F)c1)C(=O)O. The maximum Gasteiger partial charge on any atom is 0.324 e. The van der Waals surface area contributed by atoms with Gasteiger partial charge in [-0.3, -0.25) is 9.78 Å². The van der Waals surface area contributed by atoms with Gasteiger partial charge in [-0.05, 0) is 45.1 Å². The lowest BCUT2D eigenvalue weighted by Crippen LogP contribution is -2.52. The zero-order valence-electron chi connectivity index (χ0n) is 12.8. The summed E-state index contributed by atoms with van der Waals surface area (Å²) < 4.78 is 40.1. The van der Waals surface area contributed by atoms with E-state index in [0.29, 0.717) is 0 Å². The molecule has 0 bridgehead atoms. The fraction of sp³-hybridized carbons (Fsp3) is 0.467. The molecule has 0 saturated heterocycles. The van der Waals surface area contributed by atoms with E-state index >= 15 is 0 Å². The number of halogens is 1. The van der Waals surface area contributed by atoms with Gasteiger partial charge in [0.05, 0.1) is 6.20 Å². The van der Waals surface area contributed by atoms with Crippen LogP contribution in [0.25, 0.3) is 0 Å². The summed E-state index contributed by atoms with van der Waals surface area (Å²) in [6, 6.07) is 0.803. The van der Waals surface area contributed by atoms with Gasteiger partial charge in [-0.1, -0.05) is 11.6 Å². The second kappa shape index (κ2) is 6.76. The van der Waals surface area contributed by atoms with E-state index in [0.717, 1.165) is 49.7 Å². The van der Waals surface area contributed by atoms with Gasteiger partial charge in [0, 0.05) is 6.20 Å². The van der Waals surface area contributed by atoms with Crippen molar-refractivity contribution in [1.29, 1.82) is 0 Å². The topological polar surface area (TPSA) is 96.4 Å². The van der Waals surface area contributed by atoms with E-state index in [1.807, 2.05) is 6.08 Å². The van der Waals surface area contributed by atoms with Crippen molar-refractivity contribution in [1.82, 2.24) is 9.71 Å². The van der Waals surface area contributed by atoms with Crippen LogP contribution < -0.4 is 4.72 Å². The Labute approximate surface area is 134 Å². The van der Waals surface area contributed by atoms with Gasteiger partial charge in [0.1, 0.15) is 16.3 Å². The van der Waals surface area contributed by atoms with Crippen molar-refractivity contribution in [3.8, 4) is 0 Å². The van der Waals surface area contributed by atoms with Crippen LogP contribution in [0.2, 0.25) is 0 Å². The van der Waals surface area contributed by atoms with E-state index < -0.39 is 32.2 Å². The molecule has 0 amide bonds. The Kier molecular flexibility index (Phi) is 5.16. The van der Waals surface area contributed by atoms with Crippen LogP contribution in [-0.4, -0.2) is 30.0 Å². The molecular weight excluding hydrogens is 323 g/mol. The molecule has 8 heteroatoms. The van der Waals surface area contributed by atoms with Gasteiger partial charge in [0.2, 0.25) is 10.0 Å². The largest absolute Gasteiger partial charge is 0.480 e. The Balaban J connectivity index is 2.27. The van der Waals surface area contributed by atoms with Gasteiger partial charge in [0.15, 0.2) is 0 Å². The van der Waals surface area contributed by atoms with Crippen molar-refractivity contribution in [2.75, 3.05) is 0 Å². The summed E-state index contributed by atoms with van der Waals surface area (Å²) >= 11 is 0. The highest BCUT2D eigenvalue weighted by molar-refractivity contribution is 7.89. The molecule has 126 valence electrons. The Morgan fingerprint density at radius 1 is 1.43 bits per heavy atom. The van der Waals surface area contributed by atoms with Crippen molar-refractivity contribution in [3.05, 3.63) is 35.9 Å². The summed E-state index contributed by atoms with van der Waals surface area (Å²) in [5.41, 5.74) is -0.782. The van der Waals surface area contributed by atoms with Crippen molar-refractivity contribution >= 4 is 16.0 Å². The van der Waals surface area contributed by atoms with Crippen molar-refractivity contribution in [2.45, 2.75) is 49.5 Å². The standard InChI is InChI=1S/C15H19FN2O4S/c1-15(14(19)20,8-11-5-3-2-4-6-11)18-23(21,22)13-7-12(16)9-17-10-13/h5,7,9-10,18H,2-4,6,8H2,1H3,(H,19,20). The van der Waals surface area contributed by atoms with E-state index in [2.05, 4.69) is 9.71 Å². The molecule has 1 heterocycles. The summed E-state index contributed by atoms with van der Waals surface area (Å²) in [5.74, 6) is -2.09. The quantitative estimate of drug-likeness (QED) is 0.773. The molecule has 2 rings (SSSR count). The summed E-state index contributed by atoms with van der Waals surface area (Å²) in [4.78, 5) is 14.7. The van der Waals surface area contributed by atoms with Gasteiger partial charge in [-0.25, -0.2) is 12.8 Å². The average Bonchev–Trinajstić information content (AvgIpc) is 2.47. The highest BCUT2D eigenvalue weighted by Gasteiger charge is 2.39. The molecule has 0 aromatic carbocycles. The van der Waals surface area contributed by atoms with Gasteiger partial charge in [-0.15, -0.1) is 0 Å². The molecular formula is C15H19FN2O4S. The van der Waals surface area contributed by atoms with Crippen LogP contribution in [0.5, 0.6) is 0 Å². The molecule has 1 aliphatic rings. The normalized spacial score (nSPS) is 18.1. The third kappa shape index (κ3) is 4.35. The number of carboxylic acids is 1. The number of allylic oxidation sites excluding steroid dienone is 1. The first-order valence-electron chi connectivity index (χ1n) is 7.29. The van der Waals surface area contributed by atoms with Gasteiger partial charge >= 0.3 is 5.97 Å². The Bertz CT molecular complexity index is 733. The lowest BCUT2D eigenvalue weighted by atomic mass is 9.88. The van der Waals surface area contributed by atoms with Crippen LogP contribution >= 0.6 is 0 Å². The number of aliphatic carboxylic acids is 1. The number of pyridine rings is 1. The number of sulfonamides is 1. The molecule has 23 heavy (non-hydrogen) atoms. The van der Waals surface area contributed by atoms with Crippen molar-refractivity contribution in [2.24, 2.45) is 0 Å². The first-order valence-corrected chi connectivity index (χ1v) is 8.77. The zero-order valence-corrected chi connectivity index (χ0v) is 13.6. The monoisotopic (exact) mass is 342 g/mol. The van der Waals surface area contributed by atoms with Crippen LogP contribution in [0.4, 0.5) is 4.39 Å². The van der Waals surface area contributed by atoms with Crippen LogP contribution in [0.3, 0.4) is 0 Å². The zero-order chi connectivity index (χ0) is 17.1. The van der Waals surface area contributed by atoms with E-state index in [1.165, 1.54) is 6.92 Å². The molecule has 1 aliphatic carbocycles. The Hall–Kier alpha value is -1.80. The highest BCUT2D eigenvalue weighted by atomic mass is 32.2. The number of nitrogens with zero attached hydrogens (tertiary/aromatic N) is 1. The van der Waals surface area contributed by atoms with Crippen molar-refractivity contribution < 1.29 is 22.7 Å². The number of aromatic nitrogens is 1. The lowest BCUT2D eigenvalue weighted by molar-refractivity contribution is -0.143. The minimum Gasteiger partial charge on any atom is -0.480 e. The fourth-order valence-electron chi connectivity index (χ4n) is 2.57. The van der Waals surface area contributed by atoms with Crippen LogP contribution in [0.1, 0.15) is 39.0 Å². The molecule has 0 aliphatic heterocycles. The molecule has 1 atom stereocenters. The summed E-state index contributed by atoms with van der Waals surface area (Å²) in [6.45, 7) is 1.31. The number of rotatable bonds is 6. The molecule has 0 fully saturated rings. The molecule has 0 saturated carbocycles. The second-order valence-corrected chi connectivity index (χ2v) is 7.55. The average molecular weight is 342 g/mol. The molecule has 1 aromatic rings. The number of nitrogens with one attached hydrogen (secondary N) is 1. The predicted molar refractivity (Wildman–Crippen MR) is 81.7 cm³/mol. The number of hydrogen-bond acceptors (Lipinski definition) is 4. The fourth-order valence-corrected chi connectivity index (χ4v) is 3.91. The number of hydrogen-bond donors (Lipinski definition) is 2. The maximum atomic E-state index is 13.2. The third-order valence-corrected chi connectivity index (χ3v) is 5.35. The molecule has 0 spiro atoms. The summed E-state index contributed by atoms with van der Waals surface area (Å²) in [7, 11) is -4.20. The molecule has 1 aromatic heterocycles.